The number of carbonyl (C=O) groups excluding carboxylic acids is 1. The van der Waals surface area contributed by atoms with Crippen molar-refractivity contribution in [3.63, 3.8) is 0 Å². The lowest BCUT2D eigenvalue weighted by molar-refractivity contribution is -0.359. The minimum atomic E-state index is -1.79. The molecule has 96 heavy (non-hydrogen) atoms. The first-order valence-electron chi connectivity index (χ1n) is 39.8. The van der Waals surface area contributed by atoms with E-state index in [1.165, 1.54) is 238 Å². The van der Waals surface area contributed by atoms with Gasteiger partial charge in [-0.1, -0.05) is 336 Å². The largest absolute Gasteiger partial charge is 0.394 e. The Morgan fingerprint density at radius 3 is 1.15 bits per heavy atom. The SMILES string of the molecule is CC/C=C\C/C=C\C/C=C\C/C=C\C/C=C\CCCCCCCCCCCCCCCCCCCC(=O)NC(COC1OC(CO)C(OC2OC(CO)C(O)C(O)C2O)C(O)C1O)C(O)/C=C/CC/C=C/CCCCCCCCCCCCCCCCCCCCCCCCC. The van der Waals surface area contributed by atoms with Crippen molar-refractivity contribution >= 4 is 5.91 Å². The first kappa shape index (κ1) is 89.3. The van der Waals surface area contributed by atoms with Gasteiger partial charge < -0.3 is 65.1 Å². The second kappa shape index (κ2) is 65.5. The summed E-state index contributed by atoms with van der Waals surface area (Å²) in [4.78, 5) is 13.4. The molecule has 2 heterocycles. The molecule has 14 nitrogen and oxygen atoms in total. The highest BCUT2D eigenvalue weighted by Crippen LogP contribution is 2.30. The summed E-state index contributed by atoms with van der Waals surface area (Å²) in [6, 6.07) is -0.937. The highest BCUT2D eigenvalue weighted by Gasteiger charge is 2.51. The normalized spacial score (nSPS) is 22.7. The topological polar surface area (TPSA) is 228 Å². The van der Waals surface area contributed by atoms with Gasteiger partial charge in [0.25, 0.3) is 0 Å². The van der Waals surface area contributed by atoms with Gasteiger partial charge in [0.1, 0.15) is 48.8 Å². The molecule has 12 atom stereocenters. The van der Waals surface area contributed by atoms with Crippen LogP contribution in [0, 0.1) is 0 Å². The van der Waals surface area contributed by atoms with Crippen molar-refractivity contribution in [2.24, 2.45) is 0 Å². The molecule has 2 aliphatic heterocycles. The maximum absolute atomic E-state index is 13.4. The van der Waals surface area contributed by atoms with Crippen molar-refractivity contribution in [3.8, 4) is 0 Å². The van der Waals surface area contributed by atoms with Crippen LogP contribution in [0.1, 0.15) is 335 Å². The Morgan fingerprint density at radius 1 is 0.385 bits per heavy atom. The average molecular weight is 1360 g/mol. The number of carbonyl (C=O) groups is 1. The van der Waals surface area contributed by atoms with Crippen molar-refractivity contribution < 1.29 is 64.6 Å². The second-order valence-corrected chi connectivity index (χ2v) is 27.8. The minimum absolute atomic E-state index is 0.246. The third-order valence-corrected chi connectivity index (χ3v) is 19.1. The third kappa shape index (κ3) is 48.1. The number of aliphatic hydroxyl groups excluding tert-OH is 8. The molecule has 2 rings (SSSR count). The van der Waals surface area contributed by atoms with Crippen LogP contribution in [-0.4, -0.2) is 140 Å². The van der Waals surface area contributed by atoms with Gasteiger partial charge in [-0.25, -0.2) is 0 Å². The molecule has 12 unspecified atom stereocenters. The van der Waals surface area contributed by atoms with Gasteiger partial charge in [-0.3, -0.25) is 4.79 Å². The fourth-order valence-corrected chi connectivity index (χ4v) is 12.8. The number of amides is 1. The van der Waals surface area contributed by atoms with Crippen molar-refractivity contribution in [1.82, 2.24) is 5.32 Å². The summed E-state index contributed by atoms with van der Waals surface area (Å²) >= 11 is 0. The molecule has 0 aromatic heterocycles. The van der Waals surface area contributed by atoms with Crippen LogP contribution >= 0.6 is 0 Å². The van der Waals surface area contributed by atoms with Gasteiger partial charge >= 0.3 is 0 Å². The number of aliphatic hydroxyl groups is 8. The van der Waals surface area contributed by atoms with E-state index in [2.05, 4.69) is 92.1 Å². The Labute approximate surface area is 586 Å². The first-order valence-corrected chi connectivity index (χ1v) is 39.8. The summed E-state index contributed by atoms with van der Waals surface area (Å²) in [6.07, 6.45) is 75.2. The number of hydrogen-bond acceptors (Lipinski definition) is 13. The van der Waals surface area contributed by atoms with E-state index in [9.17, 15) is 45.6 Å². The molecule has 1 amide bonds. The summed E-state index contributed by atoms with van der Waals surface area (Å²) < 4.78 is 22.9. The maximum Gasteiger partial charge on any atom is 0.220 e. The number of allylic oxidation sites excluding steroid dienone is 13. The Morgan fingerprint density at radius 2 is 0.729 bits per heavy atom. The zero-order chi connectivity index (χ0) is 69.4. The van der Waals surface area contributed by atoms with Crippen LogP contribution in [0.25, 0.3) is 0 Å². The van der Waals surface area contributed by atoms with Crippen LogP contribution in [0.3, 0.4) is 0 Å². The van der Waals surface area contributed by atoms with Crippen LogP contribution in [0.5, 0.6) is 0 Å². The summed E-state index contributed by atoms with van der Waals surface area (Å²) in [7, 11) is 0. The van der Waals surface area contributed by atoms with Gasteiger partial charge in [-0.2, -0.15) is 0 Å². The Hall–Kier alpha value is -2.83. The van der Waals surface area contributed by atoms with Gasteiger partial charge in [0, 0.05) is 6.42 Å². The number of rotatable bonds is 66. The molecule has 0 bridgehead atoms. The number of hydrogen-bond donors (Lipinski definition) is 9. The zero-order valence-electron chi connectivity index (χ0n) is 61.1. The lowest BCUT2D eigenvalue weighted by Crippen LogP contribution is -2.65. The Kier molecular flexibility index (Phi) is 60.9. The molecule has 2 aliphatic rings. The van der Waals surface area contributed by atoms with Gasteiger partial charge in [0.15, 0.2) is 12.6 Å². The van der Waals surface area contributed by atoms with Crippen LogP contribution in [0.2, 0.25) is 0 Å². The fraction of sp³-hybridized carbons (Fsp3) is 0.817. The molecule has 0 radical (unpaired) electrons. The number of nitrogens with one attached hydrogen (secondary N) is 1. The van der Waals surface area contributed by atoms with Gasteiger partial charge in [-0.15, -0.1) is 0 Å². The maximum atomic E-state index is 13.4. The third-order valence-electron chi connectivity index (χ3n) is 19.1. The van der Waals surface area contributed by atoms with Crippen molar-refractivity contribution in [1.29, 1.82) is 0 Å². The summed E-state index contributed by atoms with van der Waals surface area (Å²) in [5.74, 6) is -0.246. The van der Waals surface area contributed by atoms with Crippen LogP contribution in [0.4, 0.5) is 0 Å². The minimum Gasteiger partial charge on any atom is -0.394 e. The van der Waals surface area contributed by atoms with Crippen molar-refractivity contribution in [2.45, 2.75) is 408 Å². The lowest BCUT2D eigenvalue weighted by atomic mass is 9.97. The van der Waals surface area contributed by atoms with E-state index in [0.717, 1.165) is 64.2 Å². The second-order valence-electron chi connectivity index (χ2n) is 27.8. The zero-order valence-corrected chi connectivity index (χ0v) is 61.1. The van der Waals surface area contributed by atoms with Crippen LogP contribution in [0.15, 0.2) is 85.1 Å². The molecule has 14 heteroatoms. The van der Waals surface area contributed by atoms with E-state index in [-0.39, 0.29) is 18.9 Å². The molecule has 558 valence electrons. The van der Waals surface area contributed by atoms with E-state index in [0.29, 0.717) is 12.8 Å². The van der Waals surface area contributed by atoms with E-state index in [1.54, 1.807) is 6.08 Å². The number of unbranched alkanes of at least 4 members (excludes halogenated alkanes) is 41. The van der Waals surface area contributed by atoms with E-state index in [4.69, 9.17) is 18.9 Å². The molecule has 9 N–H and O–H groups in total. The molecule has 0 aromatic carbocycles. The predicted molar refractivity (Wildman–Crippen MR) is 396 cm³/mol. The van der Waals surface area contributed by atoms with Gasteiger partial charge in [0.2, 0.25) is 5.91 Å². The molecular formula is C82H147NO13. The standard InChI is InChI=1S/C82H147NO13/c1-3-5-7-9-11-13-15-17-19-21-23-25-27-29-31-33-34-35-36-38-40-42-44-46-48-50-52-54-56-58-60-62-64-66-74(87)83-70(69-93-81-79(92)77(90)80(73(68-85)95-81)96-82-78(91)76(89)75(88)72(67-84)94-82)71(86)65-63-61-59-57-55-53-51-49-47-45-43-41-39-37-32-30-28-26-24-22-20-18-16-14-12-10-8-6-4-2/h5,7,11,13,17,19,23,25,29,31,55,57,63,65,70-73,75-82,84-86,88-92H,3-4,6,8-10,12,14-16,18,20-22,24,26-28,30,32-54,56,58-62,64,66-69H2,1-2H3,(H,83,87)/b7-5-,13-11-,19-17-,25-23-,31-29-,57-55+,65-63+. The molecule has 2 saturated heterocycles. The number of ether oxygens (including phenoxy) is 4. The Bertz CT molecular complexity index is 1940. The molecular weight excluding hydrogens is 1210 g/mol. The van der Waals surface area contributed by atoms with Crippen LogP contribution in [-0.2, 0) is 23.7 Å². The van der Waals surface area contributed by atoms with E-state index < -0.39 is 86.8 Å². The smallest absolute Gasteiger partial charge is 0.220 e. The van der Waals surface area contributed by atoms with E-state index in [1.807, 2.05) is 6.08 Å². The summed E-state index contributed by atoms with van der Waals surface area (Å²) in [5, 5.41) is 87.7. The quantitative estimate of drug-likeness (QED) is 0.0204. The highest BCUT2D eigenvalue weighted by atomic mass is 16.7. The molecule has 0 aromatic rings. The molecule has 0 spiro atoms. The predicted octanol–water partition coefficient (Wildman–Crippen LogP) is 17.9. The average Bonchev–Trinajstić information content (AvgIpc) is 0.812. The van der Waals surface area contributed by atoms with Gasteiger partial charge in [0.05, 0.1) is 32.0 Å². The summed E-state index contributed by atoms with van der Waals surface area (Å²) in [5.41, 5.74) is 0. The first-order chi connectivity index (χ1) is 47.1. The van der Waals surface area contributed by atoms with Crippen LogP contribution < -0.4 is 5.32 Å². The fourth-order valence-electron chi connectivity index (χ4n) is 12.8. The summed E-state index contributed by atoms with van der Waals surface area (Å²) in [6.45, 7) is 2.71. The lowest BCUT2D eigenvalue weighted by Gasteiger charge is -2.46. The molecule has 2 fully saturated rings. The molecule has 0 saturated carbocycles. The Balaban J connectivity index is 1.63. The molecule has 0 aliphatic carbocycles. The monoisotopic (exact) mass is 1350 g/mol. The van der Waals surface area contributed by atoms with Crippen molar-refractivity contribution in [3.05, 3.63) is 85.1 Å². The highest BCUT2D eigenvalue weighted by molar-refractivity contribution is 5.76. The van der Waals surface area contributed by atoms with Gasteiger partial charge in [-0.05, 0) is 77.0 Å². The van der Waals surface area contributed by atoms with Crippen molar-refractivity contribution in [2.75, 3.05) is 19.8 Å². The van der Waals surface area contributed by atoms with E-state index >= 15 is 0 Å².